The minimum Gasteiger partial charge on any atom is -0.497 e. The summed E-state index contributed by atoms with van der Waals surface area (Å²) in [6.45, 7) is 5.62. The first-order chi connectivity index (χ1) is 17.3. The molecule has 0 aromatic heterocycles. The van der Waals surface area contributed by atoms with Crippen molar-refractivity contribution in [3.05, 3.63) is 106 Å². The van der Waals surface area contributed by atoms with Gasteiger partial charge in [-0.1, -0.05) is 66.2 Å². The quantitative estimate of drug-likeness (QED) is 0.326. The Bertz CT molecular complexity index is 1230. The van der Waals surface area contributed by atoms with Gasteiger partial charge in [0.05, 0.1) is 24.3 Å². The molecule has 1 aliphatic heterocycles. The monoisotopic (exact) mass is 510 g/mol. The zero-order valence-electron chi connectivity index (χ0n) is 20.1. The van der Waals surface area contributed by atoms with Gasteiger partial charge in [0, 0.05) is 23.5 Å². The number of methoxy groups -OCH3 is 1. The van der Waals surface area contributed by atoms with Crippen LogP contribution in [0.3, 0.4) is 0 Å². The van der Waals surface area contributed by atoms with Crippen molar-refractivity contribution in [1.82, 2.24) is 0 Å². The van der Waals surface area contributed by atoms with E-state index in [1.165, 1.54) is 19.2 Å². The second kappa shape index (κ2) is 11.1. The van der Waals surface area contributed by atoms with Crippen LogP contribution in [0.5, 0.6) is 11.5 Å². The van der Waals surface area contributed by atoms with Crippen LogP contribution < -0.4 is 9.47 Å². The first-order valence-electron chi connectivity index (χ1n) is 11.6. The molecule has 0 radical (unpaired) electrons. The van der Waals surface area contributed by atoms with E-state index in [-0.39, 0.29) is 28.4 Å². The van der Waals surface area contributed by atoms with Crippen molar-refractivity contribution in [2.45, 2.75) is 31.5 Å². The molecule has 188 valence electrons. The second-order valence-corrected chi connectivity index (χ2v) is 9.35. The van der Waals surface area contributed by atoms with Crippen LogP contribution in [0.25, 0.3) is 0 Å². The molecule has 3 aromatic rings. The van der Waals surface area contributed by atoms with Crippen LogP contribution in [0.2, 0.25) is 5.02 Å². The molecular weight excluding hydrogens is 483 g/mol. The van der Waals surface area contributed by atoms with Gasteiger partial charge in [-0.2, -0.15) is 0 Å². The van der Waals surface area contributed by atoms with Crippen molar-refractivity contribution in [2.24, 2.45) is 5.92 Å². The van der Waals surface area contributed by atoms with E-state index in [9.17, 15) is 14.3 Å². The first kappa shape index (κ1) is 25.7. The molecule has 0 bridgehead atoms. The molecule has 1 aliphatic rings. The molecule has 4 rings (SSSR count). The third kappa shape index (κ3) is 5.55. The molecule has 0 saturated carbocycles. The number of rotatable bonds is 8. The fraction of sp³-hybridized carbons (Fsp3) is 0.276. The summed E-state index contributed by atoms with van der Waals surface area (Å²) in [4.78, 5) is 11.3. The Morgan fingerprint density at radius 1 is 1.11 bits per heavy atom. The lowest BCUT2D eigenvalue weighted by Gasteiger charge is -2.43. The lowest BCUT2D eigenvalue weighted by molar-refractivity contribution is -0.139. The van der Waals surface area contributed by atoms with Crippen LogP contribution in [-0.4, -0.2) is 24.8 Å². The van der Waals surface area contributed by atoms with Gasteiger partial charge in [0.1, 0.15) is 17.3 Å². The standard InChI is InChI=1S/C29H28ClFO5/c1-17(2)22-15-23(18-7-5-4-6-8-18)27(19-9-11-20(31)12-10-19)36-28(22)24-13-21(34-3)14-25(30)29(24)35-16-26(32)33/h4-14,22-23,27-28H,1,15-16H2,2-3H3,(H,32,33)/t22-,23-,27+,28+/m1/s1. The molecule has 0 spiro atoms. The number of carbonyl (C=O) groups is 1. The fourth-order valence-electron chi connectivity index (χ4n) is 4.80. The molecule has 5 nitrogen and oxygen atoms in total. The molecule has 4 atom stereocenters. The number of carboxylic acids is 1. The Hall–Kier alpha value is -3.35. The van der Waals surface area contributed by atoms with Crippen molar-refractivity contribution >= 4 is 17.6 Å². The van der Waals surface area contributed by atoms with Gasteiger partial charge in [-0.25, -0.2) is 9.18 Å². The fourth-order valence-corrected chi connectivity index (χ4v) is 5.07. The maximum Gasteiger partial charge on any atom is 0.341 e. The van der Waals surface area contributed by atoms with Gasteiger partial charge < -0.3 is 19.3 Å². The summed E-state index contributed by atoms with van der Waals surface area (Å²) in [5, 5.41) is 9.43. The zero-order valence-corrected chi connectivity index (χ0v) is 20.9. The van der Waals surface area contributed by atoms with E-state index in [1.54, 1.807) is 24.3 Å². The van der Waals surface area contributed by atoms with Gasteiger partial charge in [0.2, 0.25) is 0 Å². The van der Waals surface area contributed by atoms with Gasteiger partial charge in [0.15, 0.2) is 6.61 Å². The minimum absolute atomic E-state index is 0.0286. The SMILES string of the molecule is C=C(C)[C@H]1C[C@H](c2ccccc2)[C@H](c2ccc(F)cc2)O[C@@H]1c1cc(OC)cc(Cl)c1OCC(=O)O. The number of aliphatic carboxylic acids is 1. The molecule has 0 aliphatic carbocycles. The summed E-state index contributed by atoms with van der Waals surface area (Å²) < 4.78 is 31.7. The third-order valence-electron chi connectivity index (χ3n) is 6.52. The molecular formula is C29H28ClFO5. The Balaban J connectivity index is 1.84. The summed E-state index contributed by atoms with van der Waals surface area (Å²) in [7, 11) is 1.53. The van der Waals surface area contributed by atoms with Crippen LogP contribution in [0.4, 0.5) is 4.39 Å². The number of ether oxygens (including phenoxy) is 3. The Labute approximate surface area is 215 Å². The largest absolute Gasteiger partial charge is 0.497 e. The second-order valence-electron chi connectivity index (χ2n) is 8.94. The average molecular weight is 511 g/mol. The van der Waals surface area contributed by atoms with E-state index in [2.05, 4.69) is 18.7 Å². The minimum atomic E-state index is -1.12. The number of hydrogen-bond acceptors (Lipinski definition) is 4. The maximum absolute atomic E-state index is 13.8. The molecule has 1 N–H and O–H groups in total. The number of benzene rings is 3. The summed E-state index contributed by atoms with van der Waals surface area (Å²) in [6, 6.07) is 19.7. The maximum atomic E-state index is 13.8. The van der Waals surface area contributed by atoms with Crippen molar-refractivity contribution in [3.8, 4) is 11.5 Å². The highest BCUT2D eigenvalue weighted by Gasteiger charge is 2.42. The van der Waals surface area contributed by atoms with Gasteiger partial charge in [0.25, 0.3) is 0 Å². The highest BCUT2D eigenvalue weighted by molar-refractivity contribution is 6.32. The smallest absolute Gasteiger partial charge is 0.341 e. The zero-order chi connectivity index (χ0) is 25.8. The van der Waals surface area contributed by atoms with Crippen molar-refractivity contribution < 1.29 is 28.5 Å². The third-order valence-corrected chi connectivity index (χ3v) is 6.80. The highest BCUT2D eigenvalue weighted by atomic mass is 35.5. The van der Waals surface area contributed by atoms with Crippen LogP contribution in [0.15, 0.2) is 78.9 Å². The molecule has 1 saturated heterocycles. The molecule has 7 heteroatoms. The van der Waals surface area contributed by atoms with E-state index >= 15 is 0 Å². The van der Waals surface area contributed by atoms with Crippen LogP contribution in [0, 0.1) is 11.7 Å². The average Bonchev–Trinajstić information content (AvgIpc) is 2.87. The molecule has 0 unspecified atom stereocenters. The van der Waals surface area contributed by atoms with Crippen LogP contribution >= 0.6 is 11.6 Å². The molecule has 1 heterocycles. The lowest BCUT2D eigenvalue weighted by Crippen LogP contribution is -2.32. The molecule has 36 heavy (non-hydrogen) atoms. The molecule has 3 aromatic carbocycles. The van der Waals surface area contributed by atoms with Crippen molar-refractivity contribution in [1.29, 1.82) is 0 Å². The Morgan fingerprint density at radius 2 is 1.81 bits per heavy atom. The predicted molar refractivity (Wildman–Crippen MR) is 136 cm³/mol. The number of hydrogen-bond donors (Lipinski definition) is 1. The molecule has 1 fully saturated rings. The van der Waals surface area contributed by atoms with E-state index in [4.69, 9.17) is 25.8 Å². The van der Waals surface area contributed by atoms with Gasteiger partial charge >= 0.3 is 5.97 Å². The van der Waals surface area contributed by atoms with Gasteiger partial charge in [-0.15, -0.1) is 0 Å². The topological polar surface area (TPSA) is 65.0 Å². The normalized spacial score (nSPS) is 21.6. The van der Waals surface area contributed by atoms with E-state index < -0.39 is 24.8 Å². The first-order valence-corrected chi connectivity index (χ1v) is 12.0. The summed E-state index contributed by atoms with van der Waals surface area (Å²) in [5.74, 6) is -0.896. The van der Waals surface area contributed by atoms with Gasteiger partial charge in [-0.05, 0) is 42.7 Å². The molecule has 0 amide bonds. The Morgan fingerprint density at radius 3 is 2.42 bits per heavy atom. The van der Waals surface area contributed by atoms with Crippen molar-refractivity contribution in [3.63, 3.8) is 0 Å². The van der Waals surface area contributed by atoms with Gasteiger partial charge in [-0.3, -0.25) is 0 Å². The van der Waals surface area contributed by atoms with E-state index in [0.29, 0.717) is 17.7 Å². The highest BCUT2D eigenvalue weighted by Crippen LogP contribution is 2.54. The summed E-state index contributed by atoms with van der Waals surface area (Å²) in [6.07, 6.45) is -0.279. The number of carboxylic acid groups (broad SMARTS) is 1. The Kier molecular flexibility index (Phi) is 7.97. The summed E-state index contributed by atoms with van der Waals surface area (Å²) >= 11 is 6.52. The van der Waals surface area contributed by atoms with E-state index in [0.717, 1.165) is 16.7 Å². The predicted octanol–water partition coefficient (Wildman–Crippen LogP) is 7.13. The van der Waals surface area contributed by atoms with Crippen LogP contribution in [0.1, 0.15) is 48.2 Å². The van der Waals surface area contributed by atoms with Crippen molar-refractivity contribution in [2.75, 3.05) is 13.7 Å². The van der Waals surface area contributed by atoms with E-state index in [1.807, 2.05) is 25.1 Å². The summed E-state index contributed by atoms with van der Waals surface area (Å²) in [5.41, 5.74) is 3.41. The number of halogens is 2. The lowest BCUT2D eigenvalue weighted by atomic mass is 9.74. The van der Waals surface area contributed by atoms with Crippen LogP contribution in [-0.2, 0) is 9.53 Å².